The third-order valence-electron chi connectivity index (χ3n) is 2.32. The molecule has 1 rings (SSSR count). The number of carbonyl (C=O) groups excluding carboxylic acids is 1. The Morgan fingerprint density at radius 1 is 1.45 bits per heavy atom. The number of hydrogen-bond donors (Lipinski definition) is 2. The van der Waals surface area contributed by atoms with Gasteiger partial charge in [0.2, 0.25) is 15.9 Å². The number of thiophene rings is 1. The van der Waals surface area contributed by atoms with Crippen molar-refractivity contribution in [1.29, 1.82) is 0 Å². The van der Waals surface area contributed by atoms with Crippen LogP contribution in [-0.2, 0) is 19.6 Å². The molecule has 6 nitrogen and oxygen atoms in total. The average Bonchev–Trinajstić information content (AvgIpc) is 2.74. The maximum absolute atomic E-state index is 11.7. The summed E-state index contributed by atoms with van der Waals surface area (Å²) in [7, 11) is -3.69. The summed E-state index contributed by atoms with van der Waals surface area (Å²) in [6.45, 7) is 7.32. The van der Waals surface area contributed by atoms with Crippen LogP contribution in [0.4, 0.5) is 0 Å². The van der Waals surface area contributed by atoms with E-state index in [1.807, 2.05) is 20.8 Å². The molecular weight excluding hydrogens is 300 g/mol. The van der Waals surface area contributed by atoms with Gasteiger partial charge in [0.05, 0.1) is 11.6 Å². The van der Waals surface area contributed by atoms with Crippen LogP contribution in [-0.4, -0.2) is 26.5 Å². The molecule has 0 aliphatic heterocycles. The number of sulfonamides is 1. The Morgan fingerprint density at radius 3 is 2.50 bits per heavy atom. The van der Waals surface area contributed by atoms with Crippen molar-refractivity contribution < 1.29 is 17.9 Å². The van der Waals surface area contributed by atoms with E-state index in [2.05, 4.69) is 5.32 Å². The number of amides is 1. The fraction of sp³-hybridized carbons (Fsp3) is 0.583. The number of ether oxygens (including phenoxy) is 1. The van der Waals surface area contributed by atoms with Gasteiger partial charge in [0.15, 0.2) is 0 Å². The molecule has 0 spiro atoms. The van der Waals surface area contributed by atoms with Gasteiger partial charge in [-0.3, -0.25) is 4.79 Å². The van der Waals surface area contributed by atoms with Gasteiger partial charge < -0.3 is 10.1 Å². The molecule has 0 aromatic carbocycles. The lowest BCUT2D eigenvalue weighted by atomic mass is 10.2. The quantitative estimate of drug-likeness (QED) is 0.856. The van der Waals surface area contributed by atoms with Crippen molar-refractivity contribution in [1.82, 2.24) is 5.32 Å². The second kappa shape index (κ2) is 6.21. The van der Waals surface area contributed by atoms with Crippen LogP contribution in [0.5, 0.6) is 0 Å². The van der Waals surface area contributed by atoms with Gasteiger partial charge in [0.1, 0.15) is 10.8 Å². The van der Waals surface area contributed by atoms with Crippen molar-refractivity contribution >= 4 is 27.3 Å². The van der Waals surface area contributed by atoms with E-state index in [1.165, 1.54) is 6.07 Å². The number of hydrogen-bond acceptors (Lipinski definition) is 5. The molecule has 3 N–H and O–H groups in total. The minimum absolute atomic E-state index is 0.0404. The number of nitrogens with two attached hydrogens (primary N) is 1. The van der Waals surface area contributed by atoms with Crippen molar-refractivity contribution in [3.05, 3.63) is 17.0 Å². The van der Waals surface area contributed by atoms with Gasteiger partial charge >= 0.3 is 0 Å². The normalized spacial score (nSPS) is 14.1. The summed E-state index contributed by atoms with van der Waals surface area (Å²) in [6, 6.07) is 2.77. The SMILES string of the molecule is CC(NC(=O)COC(C)(C)C)c1ccc(S(N)(=O)=O)s1. The summed E-state index contributed by atoms with van der Waals surface area (Å²) in [5, 5.41) is 7.79. The van der Waals surface area contributed by atoms with Crippen LogP contribution in [0.3, 0.4) is 0 Å². The van der Waals surface area contributed by atoms with Gasteiger partial charge in [-0.05, 0) is 39.8 Å². The lowest BCUT2D eigenvalue weighted by Gasteiger charge is -2.20. The fourth-order valence-corrected chi connectivity index (χ4v) is 3.11. The van der Waals surface area contributed by atoms with Crippen LogP contribution >= 0.6 is 11.3 Å². The molecule has 1 atom stereocenters. The van der Waals surface area contributed by atoms with Gasteiger partial charge in [-0.2, -0.15) is 0 Å². The molecular formula is C12H20N2O4S2. The topological polar surface area (TPSA) is 98.5 Å². The first-order valence-electron chi connectivity index (χ1n) is 6.05. The van der Waals surface area contributed by atoms with Crippen molar-refractivity contribution in [3.8, 4) is 0 Å². The van der Waals surface area contributed by atoms with Crippen molar-refractivity contribution in [2.45, 2.75) is 43.5 Å². The lowest BCUT2D eigenvalue weighted by molar-refractivity contribution is -0.131. The molecule has 0 fully saturated rings. The van der Waals surface area contributed by atoms with E-state index >= 15 is 0 Å². The Bertz CT molecular complexity index is 573. The van der Waals surface area contributed by atoms with Crippen LogP contribution in [0, 0.1) is 0 Å². The molecule has 1 heterocycles. The molecule has 0 radical (unpaired) electrons. The second-order valence-electron chi connectivity index (χ2n) is 5.39. The number of carbonyl (C=O) groups is 1. The number of primary sulfonamides is 1. The summed E-state index contributed by atoms with van der Waals surface area (Å²) in [5.74, 6) is -0.252. The second-order valence-corrected chi connectivity index (χ2v) is 8.30. The standard InChI is InChI=1S/C12H20N2O4S2/c1-8(14-10(15)7-18-12(2,3)4)9-5-6-11(19-9)20(13,16)17/h5-6,8H,7H2,1-4H3,(H,14,15)(H2,13,16,17). The number of nitrogens with one attached hydrogen (secondary N) is 1. The predicted octanol–water partition coefficient (Wildman–Crippen LogP) is 1.39. The van der Waals surface area contributed by atoms with Crippen molar-refractivity contribution in [2.24, 2.45) is 5.14 Å². The van der Waals surface area contributed by atoms with Crippen LogP contribution < -0.4 is 10.5 Å². The molecule has 1 unspecified atom stereocenters. The third-order valence-corrected chi connectivity index (χ3v) is 5.03. The Morgan fingerprint density at radius 2 is 2.05 bits per heavy atom. The van der Waals surface area contributed by atoms with Gasteiger partial charge in [-0.1, -0.05) is 0 Å². The first-order valence-corrected chi connectivity index (χ1v) is 8.41. The number of rotatable bonds is 5. The first-order chi connectivity index (χ1) is 8.99. The van der Waals surface area contributed by atoms with E-state index in [4.69, 9.17) is 9.88 Å². The highest BCUT2D eigenvalue weighted by Gasteiger charge is 2.18. The monoisotopic (exact) mass is 320 g/mol. The van der Waals surface area contributed by atoms with Crippen LogP contribution in [0.25, 0.3) is 0 Å². The Labute approximate surface area is 123 Å². The average molecular weight is 320 g/mol. The van der Waals surface area contributed by atoms with E-state index < -0.39 is 10.0 Å². The van der Waals surface area contributed by atoms with E-state index in [-0.39, 0.29) is 28.4 Å². The largest absolute Gasteiger partial charge is 0.366 e. The molecule has 0 aliphatic carbocycles. The summed E-state index contributed by atoms with van der Waals surface area (Å²) in [5.41, 5.74) is -0.385. The zero-order chi connectivity index (χ0) is 15.6. The molecule has 0 bridgehead atoms. The van der Waals surface area contributed by atoms with Gasteiger partial charge in [0, 0.05) is 4.88 Å². The van der Waals surface area contributed by atoms with Crippen molar-refractivity contribution in [3.63, 3.8) is 0 Å². The Hall–Kier alpha value is -0.960. The fourth-order valence-electron chi connectivity index (χ4n) is 1.36. The minimum Gasteiger partial charge on any atom is -0.366 e. The van der Waals surface area contributed by atoms with Crippen molar-refractivity contribution in [2.75, 3.05) is 6.61 Å². The molecule has 114 valence electrons. The summed E-state index contributed by atoms with van der Waals surface area (Å²) in [6.07, 6.45) is 0. The summed E-state index contributed by atoms with van der Waals surface area (Å²) < 4.78 is 27.8. The van der Waals surface area contributed by atoms with E-state index in [0.717, 1.165) is 16.2 Å². The molecule has 20 heavy (non-hydrogen) atoms. The highest BCUT2D eigenvalue weighted by Crippen LogP contribution is 2.25. The molecule has 1 aromatic rings. The van der Waals surface area contributed by atoms with Crippen LogP contribution in [0.15, 0.2) is 16.3 Å². The molecule has 0 aliphatic rings. The van der Waals surface area contributed by atoms with Crippen LogP contribution in [0.2, 0.25) is 0 Å². The Balaban J connectivity index is 2.61. The van der Waals surface area contributed by atoms with Gasteiger partial charge in [0.25, 0.3) is 0 Å². The molecule has 0 saturated carbocycles. The van der Waals surface area contributed by atoms with E-state index in [0.29, 0.717) is 0 Å². The van der Waals surface area contributed by atoms with E-state index in [9.17, 15) is 13.2 Å². The molecule has 8 heteroatoms. The Kier molecular flexibility index (Phi) is 5.31. The smallest absolute Gasteiger partial charge is 0.247 e. The first kappa shape index (κ1) is 17.1. The zero-order valence-corrected chi connectivity index (χ0v) is 13.6. The molecule has 0 saturated heterocycles. The summed E-state index contributed by atoms with van der Waals surface area (Å²) >= 11 is 1.05. The maximum Gasteiger partial charge on any atom is 0.247 e. The van der Waals surface area contributed by atoms with Gasteiger partial charge in [-0.15, -0.1) is 11.3 Å². The highest BCUT2D eigenvalue weighted by molar-refractivity contribution is 7.91. The van der Waals surface area contributed by atoms with E-state index in [1.54, 1.807) is 13.0 Å². The molecule has 1 aromatic heterocycles. The minimum atomic E-state index is -3.69. The molecule has 1 amide bonds. The lowest BCUT2D eigenvalue weighted by Crippen LogP contribution is -2.33. The third kappa shape index (κ3) is 5.58. The zero-order valence-electron chi connectivity index (χ0n) is 12.0. The summed E-state index contributed by atoms with van der Waals surface area (Å²) in [4.78, 5) is 12.4. The van der Waals surface area contributed by atoms with Gasteiger partial charge in [-0.25, -0.2) is 13.6 Å². The highest BCUT2D eigenvalue weighted by atomic mass is 32.2. The maximum atomic E-state index is 11.7. The van der Waals surface area contributed by atoms with Crippen LogP contribution in [0.1, 0.15) is 38.6 Å². The predicted molar refractivity (Wildman–Crippen MR) is 78.0 cm³/mol.